The molecule has 3 heterocycles. The standard InChI is InChI=1S/C26H28N6O4S/c1-19-28-25(36-29-19)22-9-6-14-31(16-22)26(33)21-10-12-23(13-11-21)32(15-20-7-4-3-5-8-20)37(34,35)24-17-30(2)18-27-24/h3-5,7-8,10-13,17-18,22H,6,9,14-16H2,1-2H3. The van der Waals surface area contributed by atoms with Crippen LogP contribution in [-0.4, -0.2) is 52.0 Å². The molecule has 5 rings (SSSR count). The van der Waals surface area contributed by atoms with Gasteiger partial charge in [-0.3, -0.25) is 9.10 Å². The number of anilines is 1. The highest BCUT2D eigenvalue weighted by atomic mass is 32.2. The first-order valence-electron chi connectivity index (χ1n) is 12.1. The normalized spacial score (nSPS) is 16.1. The summed E-state index contributed by atoms with van der Waals surface area (Å²) in [7, 11) is -2.22. The second-order valence-electron chi connectivity index (χ2n) is 9.19. The van der Waals surface area contributed by atoms with Crippen molar-refractivity contribution in [3.63, 3.8) is 0 Å². The molecule has 10 nitrogen and oxygen atoms in total. The van der Waals surface area contributed by atoms with E-state index in [4.69, 9.17) is 4.52 Å². The smallest absolute Gasteiger partial charge is 0.283 e. The molecule has 37 heavy (non-hydrogen) atoms. The van der Waals surface area contributed by atoms with E-state index in [2.05, 4.69) is 15.1 Å². The molecule has 0 radical (unpaired) electrons. The Morgan fingerprint density at radius 2 is 1.89 bits per heavy atom. The van der Waals surface area contributed by atoms with Crippen molar-refractivity contribution in [3.05, 3.63) is 90.0 Å². The molecular formula is C26H28N6O4S. The Hall–Kier alpha value is -3.99. The van der Waals surface area contributed by atoms with Crippen molar-refractivity contribution in [3.8, 4) is 0 Å². The van der Waals surface area contributed by atoms with Crippen molar-refractivity contribution in [2.24, 2.45) is 7.05 Å². The van der Waals surface area contributed by atoms with Crippen LogP contribution < -0.4 is 4.31 Å². The van der Waals surface area contributed by atoms with Gasteiger partial charge in [0.25, 0.3) is 15.9 Å². The Morgan fingerprint density at radius 3 is 2.54 bits per heavy atom. The first kappa shape index (κ1) is 24.7. The summed E-state index contributed by atoms with van der Waals surface area (Å²) in [5.74, 6) is 1.02. The molecule has 1 fully saturated rings. The number of aromatic nitrogens is 4. The van der Waals surface area contributed by atoms with Gasteiger partial charge in [-0.1, -0.05) is 35.5 Å². The zero-order chi connectivity index (χ0) is 26.0. The van der Waals surface area contributed by atoms with E-state index in [-0.39, 0.29) is 23.4 Å². The summed E-state index contributed by atoms with van der Waals surface area (Å²) in [5, 5.41) is 3.83. The van der Waals surface area contributed by atoms with Crippen LogP contribution >= 0.6 is 0 Å². The van der Waals surface area contributed by atoms with Gasteiger partial charge in [0.1, 0.15) is 0 Å². The summed E-state index contributed by atoms with van der Waals surface area (Å²) >= 11 is 0. The molecule has 0 bridgehead atoms. The number of sulfonamides is 1. The molecule has 2 aromatic heterocycles. The number of hydrogen-bond donors (Lipinski definition) is 0. The number of benzene rings is 2. The van der Waals surface area contributed by atoms with Gasteiger partial charge in [0.15, 0.2) is 10.9 Å². The van der Waals surface area contributed by atoms with Gasteiger partial charge in [0.05, 0.1) is 24.5 Å². The molecule has 1 aliphatic heterocycles. The first-order chi connectivity index (χ1) is 17.8. The molecule has 11 heteroatoms. The summed E-state index contributed by atoms with van der Waals surface area (Å²) in [6, 6.07) is 16.0. The predicted octanol–water partition coefficient (Wildman–Crippen LogP) is 3.53. The molecule has 1 aliphatic rings. The molecule has 192 valence electrons. The van der Waals surface area contributed by atoms with Gasteiger partial charge in [-0.05, 0) is 49.6 Å². The van der Waals surface area contributed by atoms with Gasteiger partial charge in [0.2, 0.25) is 5.89 Å². The van der Waals surface area contributed by atoms with Gasteiger partial charge < -0.3 is 14.0 Å². The highest BCUT2D eigenvalue weighted by Crippen LogP contribution is 2.29. The van der Waals surface area contributed by atoms with E-state index in [9.17, 15) is 13.2 Å². The maximum atomic E-state index is 13.5. The summed E-state index contributed by atoms with van der Waals surface area (Å²) in [5.41, 5.74) is 1.77. The number of rotatable bonds is 7. The van der Waals surface area contributed by atoms with E-state index in [1.165, 1.54) is 16.8 Å². The number of hydrogen-bond acceptors (Lipinski definition) is 7. The minimum atomic E-state index is -3.94. The second kappa shape index (κ2) is 10.2. The van der Waals surface area contributed by atoms with Gasteiger partial charge in [-0.2, -0.15) is 13.4 Å². The minimum Gasteiger partial charge on any atom is -0.339 e. The molecule has 4 aromatic rings. The quantitative estimate of drug-likeness (QED) is 0.366. The Bertz CT molecular complexity index is 1480. The fraction of sp³-hybridized carbons (Fsp3) is 0.308. The maximum absolute atomic E-state index is 13.5. The first-order valence-corrected chi connectivity index (χ1v) is 13.5. The Balaban J connectivity index is 1.39. The summed E-state index contributed by atoms with van der Waals surface area (Å²) in [6.45, 7) is 3.04. The lowest BCUT2D eigenvalue weighted by Gasteiger charge is -2.31. The van der Waals surface area contributed by atoms with Crippen molar-refractivity contribution < 1.29 is 17.7 Å². The third-order valence-electron chi connectivity index (χ3n) is 6.41. The largest absolute Gasteiger partial charge is 0.339 e. The maximum Gasteiger partial charge on any atom is 0.283 e. The lowest BCUT2D eigenvalue weighted by Crippen LogP contribution is -2.39. The molecule has 0 N–H and O–H groups in total. The predicted molar refractivity (Wildman–Crippen MR) is 136 cm³/mol. The van der Waals surface area contributed by atoms with Gasteiger partial charge in [-0.15, -0.1) is 0 Å². The van der Waals surface area contributed by atoms with Crippen molar-refractivity contribution in [1.82, 2.24) is 24.6 Å². The van der Waals surface area contributed by atoms with Crippen molar-refractivity contribution >= 4 is 21.6 Å². The van der Waals surface area contributed by atoms with Crippen LogP contribution in [0.5, 0.6) is 0 Å². The fourth-order valence-corrected chi connectivity index (χ4v) is 5.92. The topological polar surface area (TPSA) is 114 Å². The van der Waals surface area contributed by atoms with Gasteiger partial charge in [-0.25, -0.2) is 4.98 Å². The second-order valence-corrected chi connectivity index (χ2v) is 11.0. The van der Waals surface area contributed by atoms with Crippen LogP contribution in [0.3, 0.4) is 0 Å². The molecule has 0 spiro atoms. The number of carbonyl (C=O) groups excluding carboxylic acids is 1. The zero-order valence-corrected chi connectivity index (χ0v) is 21.5. The van der Waals surface area contributed by atoms with Crippen LogP contribution in [0.2, 0.25) is 0 Å². The number of likely N-dealkylation sites (tertiary alicyclic amines) is 1. The fourth-order valence-electron chi connectivity index (χ4n) is 4.49. The van der Waals surface area contributed by atoms with E-state index in [1.807, 2.05) is 30.3 Å². The third kappa shape index (κ3) is 5.26. The molecule has 0 saturated carbocycles. The van der Waals surface area contributed by atoms with Crippen LogP contribution in [-0.2, 0) is 23.6 Å². The van der Waals surface area contributed by atoms with E-state index < -0.39 is 10.0 Å². The number of carbonyl (C=O) groups is 1. The van der Waals surface area contributed by atoms with Gasteiger partial charge in [0, 0.05) is 31.9 Å². The number of aryl methyl sites for hydroxylation is 2. The SMILES string of the molecule is Cc1noc(C2CCCN(C(=O)c3ccc(N(Cc4ccccc4)S(=O)(=O)c4cn(C)cn4)cc3)C2)n1. The number of nitrogens with zero attached hydrogens (tertiary/aromatic N) is 6. The third-order valence-corrected chi connectivity index (χ3v) is 8.07. The van der Waals surface area contributed by atoms with Crippen molar-refractivity contribution in [2.75, 3.05) is 17.4 Å². The Morgan fingerprint density at radius 1 is 1.14 bits per heavy atom. The molecule has 2 aromatic carbocycles. The number of piperidine rings is 1. The average Bonchev–Trinajstić information content (AvgIpc) is 3.56. The molecule has 0 aliphatic carbocycles. The van der Waals surface area contributed by atoms with Crippen molar-refractivity contribution in [2.45, 2.75) is 37.3 Å². The minimum absolute atomic E-state index is 0.00283. The van der Waals surface area contributed by atoms with Crippen LogP contribution in [0.4, 0.5) is 5.69 Å². The van der Waals surface area contributed by atoms with E-state index in [0.29, 0.717) is 36.1 Å². The highest BCUT2D eigenvalue weighted by Gasteiger charge is 2.30. The molecule has 1 amide bonds. The summed E-state index contributed by atoms with van der Waals surface area (Å²) in [4.78, 5) is 23.5. The lowest BCUT2D eigenvalue weighted by molar-refractivity contribution is 0.0695. The van der Waals surface area contributed by atoms with Crippen LogP contribution in [0, 0.1) is 6.92 Å². The highest BCUT2D eigenvalue weighted by molar-refractivity contribution is 7.92. The molecule has 1 atom stereocenters. The number of imidazole rings is 1. The Labute approximate surface area is 215 Å². The van der Waals surface area contributed by atoms with Gasteiger partial charge >= 0.3 is 0 Å². The van der Waals surface area contributed by atoms with E-state index in [1.54, 1.807) is 47.7 Å². The van der Waals surface area contributed by atoms with Crippen molar-refractivity contribution in [1.29, 1.82) is 0 Å². The molecule has 1 unspecified atom stereocenters. The Kier molecular flexibility index (Phi) is 6.79. The lowest BCUT2D eigenvalue weighted by atomic mass is 9.97. The van der Waals surface area contributed by atoms with E-state index >= 15 is 0 Å². The monoisotopic (exact) mass is 520 g/mol. The summed E-state index contributed by atoms with van der Waals surface area (Å²) in [6.07, 6.45) is 4.65. The van der Waals surface area contributed by atoms with Crippen LogP contribution in [0.1, 0.15) is 46.4 Å². The summed E-state index contributed by atoms with van der Waals surface area (Å²) < 4.78 is 35.3. The molecule has 1 saturated heterocycles. The zero-order valence-electron chi connectivity index (χ0n) is 20.7. The van der Waals surface area contributed by atoms with Crippen LogP contribution in [0.15, 0.2) is 76.7 Å². The number of amides is 1. The molecular weight excluding hydrogens is 492 g/mol. The average molecular weight is 521 g/mol. The van der Waals surface area contributed by atoms with Crippen LogP contribution in [0.25, 0.3) is 0 Å². The van der Waals surface area contributed by atoms with E-state index in [0.717, 1.165) is 18.4 Å².